The smallest absolute Gasteiger partial charge is 0.164 e. The van der Waals surface area contributed by atoms with E-state index in [1.54, 1.807) is 0 Å². The first-order valence-electron chi connectivity index (χ1n) is 16.2. The largest absolute Gasteiger partial charge is 0.208 e. The van der Waals surface area contributed by atoms with Gasteiger partial charge in [-0.2, -0.15) is 0 Å². The van der Waals surface area contributed by atoms with E-state index < -0.39 is 0 Å². The molecule has 0 radical (unpaired) electrons. The third-order valence-electron chi connectivity index (χ3n) is 9.14. The van der Waals surface area contributed by atoms with E-state index in [1.807, 2.05) is 6.07 Å². The average Bonchev–Trinajstić information content (AvgIpc) is 3.17. The molecule has 0 saturated carbocycles. The van der Waals surface area contributed by atoms with Crippen molar-refractivity contribution in [3.8, 4) is 56.4 Å². The van der Waals surface area contributed by atoms with Gasteiger partial charge < -0.3 is 0 Å². The summed E-state index contributed by atoms with van der Waals surface area (Å²) in [6.07, 6.45) is 0. The summed E-state index contributed by atoms with van der Waals surface area (Å²) >= 11 is 0. The summed E-state index contributed by atoms with van der Waals surface area (Å²) in [5.41, 5.74) is 7.56. The van der Waals surface area contributed by atoms with Gasteiger partial charge in [0.2, 0.25) is 0 Å². The third kappa shape index (κ3) is 4.99. The Morgan fingerprint density at radius 2 is 0.729 bits per heavy atom. The van der Waals surface area contributed by atoms with Crippen LogP contribution in [0.15, 0.2) is 176 Å². The molecule has 0 aliphatic rings. The van der Waals surface area contributed by atoms with Crippen molar-refractivity contribution in [1.29, 1.82) is 0 Å². The summed E-state index contributed by atoms with van der Waals surface area (Å²) in [7, 11) is 0. The summed E-state index contributed by atoms with van der Waals surface area (Å²) in [6, 6.07) is 61.7. The maximum atomic E-state index is 5.15. The van der Waals surface area contributed by atoms with Gasteiger partial charge in [-0.25, -0.2) is 15.0 Å². The number of rotatable bonds is 5. The van der Waals surface area contributed by atoms with Crippen LogP contribution in [0.1, 0.15) is 0 Å². The molecule has 0 aliphatic carbocycles. The van der Waals surface area contributed by atoms with E-state index >= 15 is 0 Å². The Morgan fingerprint density at radius 1 is 0.250 bits per heavy atom. The van der Waals surface area contributed by atoms with Gasteiger partial charge in [-0.15, -0.1) is 0 Å². The molecular weight excluding hydrogens is 583 g/mol. The van der Waals surface area contributed by atoms with Crippen LogP contribution in [0, 0.1) is 0 Å². The number of fused-ring (bicyclic) bond motifs is 4. The van der Waals surface area contributed by atoms with Gasteiger partial charge in [-0.3, -0.25) is 0 Å². The lowest BCUT2D eigenvalue weighted by Gasteiger charge is -2.13. The fourth-order valence-corrected chi connectivity index (χ4v) is 6.71. The first-order valence-corrected chi connectivity index (χ1v) is 16.2. The van der Waals surface area contributed by atoms with Gasteiger partial charge in [0.05, 0.1) is 0 Å². The first kappa shape index (κ1) is 27.8. The van der Waals surface area contributed by atoms with Crippen LogP contribution >= 0.6 is 0 Å². The highest BCUT2D eigenvalue weighted by atomic mass is 15.0. The minimum absolute atomic E-state index is 0.642. The summed E-state index contributed by atoms with van der Waals surface area (Å²) in [6.45, 7) is 0. The monoisotopic (exact) mass is 611 g/mol. The van der Waals surface area contributed by atoms with Crippen LogP contribution in [0.25, 0.3) is 88.7 Å². The van der Waals surface area contributed by atoms with Crippen LogP contribution in [0.5, 0.6) is 0 Å². The van der Waals surface area contributed by atoms with Crippen LogP contribution in [0.4, 0.5) is 0 Å². The standard InChI is InChI=1S/C45H29N3/c1-2-11-30(12-3-1)31-21-25-34(26-22-31)43-46-44(35-27-23-33(24-28-35)38-20-10-15-32-13-4-6-16-37(32)38)48-45(47-43)42-29-36-14-5-7-17-39(36)40-18-8-9-19-41(40)42/h1-29H. The van der Waals surface area contributed by atoms with Crippen molar-refractivity contribution < 1.29 is 0 Å². The quantitative estimate of drug-likeness (QED) is 0.182. The van der Waals surface area contributed by atoms with E-state index in [0.29, 0.717) is 17.5 Å². The van der Waals surface area contributed by atoms with Crippen LogP contribution in [0.3, 0.4) is 0 Å². The minimum atomic E-state index is 0.642. The molecular formula is C45H29N3. The van der Waals surface area contributed by atoms with Crippen LogP contribution in [-0.4, -0.2) is 15.0 Å². The zero-order chi connectivity index (χ0) is 31.9. The molecule has 3 heteroatoms. The average molecular weight is 612 g/mol. The molecule has 0 unspecified atom stereocenters. The molecule has 0 N–H and O–H groups in total. The lowest BCUT2D eigenvalue weighted by atomic mass is 9.96. The Balaban J connectivity index is 1.21. The molecule has 1 heterocycles. The van der Waals surface area contributed by atoms with Gasteiger partial charge in [0.1, 0.15) is 0 Å². The highest BCUT2D eigenvalue weighted by molar-refractivity contribution is 6.13. The van der Waals surface area contributed by atoms with Crippen molar-refractivity contribution in [2.45, 2.75) is 0 Å². The van der Waals surface area contributed by atoms with E-state index in [4.69, 9.17) is 15.0 Å². The Hall–Kier alpha value is -6.45. The molecule has 0 amide bonds. The molecule has 0 bridgehead atoms. The summed E-state index contributed by atoms with van der Waals surface area (Å²) < 4.78 is 0. The van der Waals surface area contributed by atoms with Gasteiger partial charge in [-0.1, -0.05) is 170 Å². The van der Waals surface area contributed by atoms with Crippen LogP contribution < -0.4 is 0 Å². The number of hydrogen-bond donors (Lipinski definition) is 0. The molecule has 48 heavy (non-hydrogen) atoms. The van der Waals surface area contributed by atoms with Crippen molar-refractivity contribution in [2.24, 2.45) is 0 Å². The van der Waals surface area contributed by atoms with Crippen molar-refractivity contribution in [3.05, 3.63) is 176 Å². The SMILES string of the molecule is c1ccc(-c2ccc(-c3nc(-c4ccc(-c5cccc6ccccc56)cc4)nc(-c4cc5ccccc5c5ccccc45)n3)cc2)cc1. The van der Waals surface area contributed by atoms with Crippen molar-refractivity contribution >= 4 is 32.3 Å². The highest BCUT2D eigenvalue weighted by Gasteiger charge is 2.16. The Bertz CT molecular complexity index is 2580. The Morgan fingerprint density at radius 3 is 1.44 bits per heavy atom. The maximum absolute atomic E-state index is 5.15. The van der Waals surface area contributed by atoms with Crippen LogP contribution in [-0.2, 0) is 0 Å². The molecule has 8 aromatic carbocycles. The number of nitrogens with zero attached hydrogens (tertiary/aromatic N) is 3. The van der Waals surface area contributed by atoms with Gasteiger partial charge in [-0.05, 0) is 60.6 Å². The minimum Gasteiger partial charge on any atom is -0.208 e. The third-order valence-corrected chi connectivity index (χ3v) is 9.14. The number of hydrogen-bond acceptors (Lipinski definition) is 3. The molecule has 0 fully saturated rings. The normalized spacial score (nSPS) is 11.3. The topological polar surface area (TPSA) is 38.7 Å². The molecule has 0 aliphatic heterocycles. The predicted octanol–water partition coefficient (Wildman–Crippen LogP) is 11.7. The Labute approximate surface area is 278 Å². The van der Waals surface area contributed by atoms with E-state index in [-0.39, 0.29) is 0 Å². The van der Waals surface area contributed by atoms with Crippen molar-refractivity contribution in [1.82, 2.24) is 15.0 Å². The van der Waals surface area contributed by atoms with Gasteiger partial charge in [0.25, 0.3) is 0 Å². The lowest BCUT2D eigenvalue weighted by Crippen LogP contribution is -2.01. The molecule has 9 rings (SSSR count). The van der Waals surface area contributed by atoms with Crippen molar-refractivity contribution in [2.75, 3.05) is 0 Å². The summed E-state index contributed by atoms with van der Waals surface area (Å²) in [4.78, 5) is 15.4. The second-order valence-electron chi connectivity index (χ2n) is 12.0. The molecule has 224 valence electrons. The Kier molecular flexibility index (Phi) is 6.80. The van der Waals surface area contributed by atoms with E-state index in [9.17, 15) is 0 Å². The van der Waals surface area contributed by atoms with Gasteiger partial charge in [0.15, 0.2) is 17.5 Å². The zero-order valence-corrected chi connectivity index (χ0v) is 26.1. The second-order valence-corrected chi connectivity index (χ2v) is 12.0. The molecule has 3 nitrogen and oxygen atoms in total. The van der Waals surface area contributed by atoms with E-state index in [0.717, 1.165) is 38.6 Å². The first-order chi connectivity index (χ1) is 23.8. The lowest BCUT2D eigenvalue weighted by molar-refractivity contribution is 1.08. The zero-order valence-electron chi connectivity index (χ0n) is 26.1. The summed E-state index contributed by atoms with van der Waals surface area (Å²) in [5.74, 6) is 1.94. The van der Waals surface area contributed by atoms with Crippen molar-refractivity contribution in [3.63, 3.8) is 0 Å². The molecule has 0 saturated heterocycles. The molecule has 9 aromatic rings. The van der Waals surface area contributed by atoms with Gasteiger partial charge in [0, 0.05) is 16.7 Å². The van der Waals surface area contributed by atoms with Crippen LogP contribution in [0.2, 0.25) is 0 Å². The molecule has 1 aromatic heterocycles. The fraction of sp³-hybridized carbons (Fsp3) is 0. The predicted molar refractivity (Wildman–Crippen MR) is 200 cm³/mol. The number of benzene rings is 8. The molecule has 0 spiro atoms. The molecule has 0 atom stereocenters. The maximum Gasteiger partial charge on any atom is 0.164 e. The number of aromatic nitrogens is 3. The summed E-state index contributed by atoms with van der Waals surface area (Å²) in [5, 5.41) is 7.13. The highest BCUT2D eigenvalue weighted by Crippen LogP contribution is 2.36. The van der Waals surface area contributed by atoms with Gasteiger partial charge >= 0.3 is 0 Å². The fourth-order valence-electron chi connectivity index (χ4n) is 6.71. The van der Waals surface area contributed by atoms with E-state index in [2.05, 4.69) is 170 Å². The van der Waals surface area contributed by atoms with E-state index in [1.165, 1.54) is 32.7 Å². The second kappa shape index (κ2) is 11.7.